The van der Waals surface area contributed by atoms with Crippen molar-refractivity contribution < 1.29 is 4.74 Å². The average Bonchev–Trinajstić information content (AvgIpc) is 2.17. The summed E-state index contributed by atoms with van der Waals surface area (Å²) >= 11 is 4.98. The standard InChI is InChI=1S/C12H22OS/c1-3-5-6-7-8-9-10-11-12(14)13-4-2/h4H,2-3,5-11H2,1H3. The fourth-order valence-electron chi connectivity index (χ4n) is 1.38. The Morgan fingerprint density at radius 3 is 2.29 bits per heavy atom. The highest BCUT2D eigenvalue weighted by molar-refractivity contribution is 7.80. The molecule has 0 saturated heterocycles. The highest BCUT2D eigenvalue weighted by Crippen LogP contribution is 2.09. The lowest BCUT2D eigenvalue weighted by molar-refractivity contribution is 0.465. The van der Waals surface area contributed by atoms with Gasteiger partial charge in [-0.1, -0.05) is 52.0 Å². The third-order valence-corrected chi connectivity index (χ3v) is 2.50. The van der Waals surface area contributed by atoms with Crippen molar-refractivity contribution in [2.45, 2.75) is 58.3 Å². The van der Waals surface area contributed by atoms with Crippen molar-refractivity contribution in [1.82, 2.24) is 0 Å². The van der Waals surface area contributed by atoms with Gasteiger partial charge in [0.05, 0.1) is 6.26 Å². The molecule has 0 aliphatic rings. The maximum atomic E-state index is 4.98. The van der Waals surface area contributed by atoms with E-state index in [4.69, 9.17) is 17.0 Å². The second-order valence-corrected chi connectivity index (χ2v) is 3.98. The minimum atomic E-state index is 0.675. The molecule has 0 heterocycles. The molecule has 0 radical (unpaired) electrons. The largest absolute Gasteiger partial charge is 0.459 e. The second kappa shape index (κ2) is 10.7. The molecule has 0 amide bonds. The first-order valence-corrected chi connectivity index (χ1v) is 6.02. The Labute approximate surface area is 93.5 Å². The van der Waals surface area contributed by atoms with Crippen molar-refractivity contribution in [2.24, 2.45) is 0 Å². The maximum absolute atomic E-state index is 4.98. The lowest BCUT2D eigenvalue weighted by Gasteiger charge is -2.02. The SMILES string of the molecule is C=COC(=S)CCCCCCCCC. The fourth-order valence-corrected chi connectivity index (χ4v) is 1.59. The summed E-state index contributed by atoms with van der Waals surface area (Å²) in [5, 5.41) is 0.675. The summed E-state index contributed by atoms with van der Waals surface area (Å²) < 4.78 is 4.98. The van der Waals surface area contributed by atoms with E-state index in [1.165, 1.54) is 44.8 Å². The van der Waals surface area contributed by atoms with Crippen LogP contribution in [-0.4, -0.2) is 5.05 Å². The van der Waals surface area contributed by atoms with Crippen LogP contribution < -0.4 is 0 Å². The smallest absolute Gasteiger partial charge is 0.166 e. The van der Waals surface area contributed by atoms with Gasteiger partial charge in [-0.25, -0.2) is 0 Å². The zero-order chi connectivity index (χ0) is 10.6. The van der Waals surface area contributed by atoms with Crippen LogP contribution in [0, 0.1) is 0 Å². The van der Waals surface area contributed by atoms with E-state index in [-0.39, 0.29) is 0 Å². The van der Waals surface area contributed by atoms with Gasteiger partial charge in [0.1, 0.15) is 0 Å². The highest BCUT2D eigenvalue weighted by atomic mass is 32.1. The molecule has 0 aliphatic carbocycles. The van der Waals surface area contributed by atoms with Gasteiger partial charge in [-0.2, -0.15) is 0 Å². The Balaban J connectivity index is 3.05. The molecule has 0 rings (SSSR count). The topological polar surface area (TPSA) is 9.23 Å². The van der Waals surface area contributed by atoms with Gasteiger partial charge in [-0.3, -0.25) is 0 Å². The van der Waals surface area contributed by atoms with Gasteiger partial charge >= 0.3 is 0 Å². The number of hydrogen-bond acceptors (Lipinski definition) is 2. The minimum absolute atomic E-state index is 0.675. The summed E-state index contributed by atoms with van der Waals surface area (Å²) in [6, 6.07) is 0. The molecule has 0 aromatic carbocycles. The quantitative estimate of drug-likeness (QED) is 0.315. The summed E-state index contributed by atoms with van der Waals surface area (Å²) in [5.41, 5.74) is 0. The molecule has 0 fully saturated rings. The average molecular weight is 214 g/mol. The zero-order valence-corrected chi connectivity index (χ0v) is 10.1. The molecule has 0 spiro atoms. The van der Waals surface area contributed by atoms with Crippen LogP contribution >= 0.6 is 12.2 Å². The normalized spacial score (nSPS) is 9.79. The van der Waals surface area contributed by atoms with Crippen LogP contribution in [0.25, 0.3) is 0 Å². The third kappa shape index (κ3) is 9.72. The van der Waals surface area contributed by atoms with E-state index in [0.717, 1.165) is 12.8 Å². The van der Waals surface area contributed by atoms with Gasteiger partial charge in [0, 0.05) is 6.42 Å². The zero-order valence-electron chi connectivity index (χ0n) is 9.26. The van der Waals surface area contributed by atoms with Gasteiger partial charge in [-0.05, 0) is 18.6 Å². The van der Waals surface area contributed by atoms with Gasteiger partial charge in [-0.15, -0.1) is 0 Å². The van der Waals surface area contributed by atoms with Gasteiger partial charge < -0.3 is 4.74 Å². The predicted octanol–water partition coefficient (Wildman–Crippen LogP) is 4.61. The fraction of sp³-hybridized carbons (Fsp3) is 0.750. The Hall–Kier alpha value is -0.370. The Bertz CT molecular complexity index is 154. The first-order valence-electron chi connectivity index (χ1n) is 5.61. The van der Waals surface area contributed by atoms with E-state index in [9.17, 15) is 0 Å². The molecule has 14 heavy (non-hydrogen) atoms. The van der Waals surface area contributed by atoms with Crippen LogP contribution in [0.2, 0.25) is 0 Å². The molecule has 0 aliphatic heterocycles. The molecule has 0 saturated carbocycles. The number of thiocarbonyl (C=S) groups is 1. The van der Waals surface area contributed by atoms with Crippen LogP contribution in [0.1, 0.15) is 58.3 Å². The van der Waals surface area contributed by atoms with Gasteiger partial charge in [0.2, 0.25) is 0 Å². The molecule has 82 valence electrons. The van der Waals surface area contributed by atoms with E-state index in [1.54, 1.807) is 0 Å². The molecule has 0 bridgehead atoms. The predicted molar refractivity (Wildman–Crippen MR) is 66.5 cm³/mol. The van der Waals surface area contributed by atoms with Crippen LogP contribution in [0.3, 0.4) is 0 Å². The monoisotopic (exact) mass is 214 g/mol. The lowest BCUT2D eigenvalue weighted by atomic mass is 10.1. The Morgan fingerprint density at radius 2 is 1.71 bits per heavy atom. The molecule has 2 heteroatoms. The molecule has 1 nitrogen and oxygen atoms in total. The van der Waals surface area contributed by atoms with E-state index in [1.807, 2.05) is 0 Å². The highest BCUT2D eigenvalue weighted by Gasteiger charge is 1.95. The van der Waals surface area contributed by atoms with Crippen molar-refractivity contribution in [3.63, 3.8) is 0 Å². The first-order chi connectivity index (χ1) is 6.81. The molecule has 0 aromatic rings. The van der Waals surface area contributed by atoms with Crippen molar-refractivity contribution in [2.75, 3.05) is 0 Å². The van der Waals surface area contributed by atoms with E-state index >= 15 is 0 Å². The third-order valence-electron chi connectivity index (χ3n) is 2.20. The van der Waals surface area contributed by atoms with Gasteiger partial charge in [0.25, 0.3) is 0 Å². The molecule has 0 aromatic heterocycles. The first kappa shape index (κ1) is 13.6. The van der Waals surface area contributed by atoms with Crippen LogP contribution in [0.15, 0.2) is 12.8 Å². The number of ether oxygens (including phenoxy) is 1. The summed E-state index contributed by atoms with van der Waals surface area (Å²) in [7, 11) is 0. The van der Waals surface area contributed by atoms with Crippen molar-refractivity contribution >= 4 is 17.3 Å². The van der Waals surface area contributed by atoms with Gasteiger partial charge in [0.15, 0.2) is 5.05 Å². The van der Waals surface area contributed by atoms with Crippen molar-refractivity contribution in [3.05, 3.63) is 12.8 Å². The van der Waals surface area contributed by atoms with E-state index in [2.05, 4.69) is 13.5 Å². The molecular weight excluding hydrogens is 192 g/mol. The molecule has 0 N–H and O–H groups in total. The lowest BCUT2D eigenvalue weighted by Crippen LogP contribution is -1.95. The van der Waals surface area contributed by atoms with Crippen molar-refractivity contribution in [3.8, 4) is 0 Å². The molecule has 0 atom stereocenters. The Morgan fingerprint density at radius 1 is 1.14 bits per heavy atom. The summed E-state index contributed by atoms with van der Waals surface area (Å²) in [6.45, 7) is 5.71. The van der Waals surface area contributed by atoms with Crippen molar-refractivity contribution in [1.29, 1.82) is 0 Å². The minimum Gasteiger partial charge on any atom is -0.459 e. The number of hydrogen-bond donors (Lipinski definition) is 0. The Kier molecular flexibility index (Phi) is 10.4. The van der Waals surface area contributed by atoms with Crippen LogP contribution in [0.5, 0.6) is 0 Å². The van der Waals surface area contributed by atoms with Crippen LogP contribution in [0.4, 0.5) is 0 Å². The summed E-state index contributed by atoms with van der Waals surface area (Å²) in [6.07, 6.45) is 11.5. The summed E-state index contributed by atoms with van der Waals surface area (Å²) in [4.78, 5) is 0. The second-order valence-electron chi connectivity index (χ2n) is 3.53. The van der Waals surface area contributed by atoms with E-state index < -0.39 is 0 Å². The number of unbranched alkanes of at least 4 members (excludes halogenated alkanes) is 6. The molecule has 0 unspecified atom stereocenters. The van der Waals surface area contributed by atoms with Crippen LogP contribution in [-0.2, 0) is 4.74 Å². The number of rotatable bonds is 9. The van der Waals surface area contributed by atoms with E-state index in [0.29, 0.717) is 5.05 Å². The molecular formula is C12H22OS. The summed E-state index contributed by atoms with van der Waals surface area (Å²) in [5.74, 6) is 0. The maximum Gasteiger partial charge on any atom is 0.166 e.